The Morgan fingerprint density at radius 3 is 2.39 bits per heavy atom. The molecule has 0 spiro atoms. The van der Waals surface area contributed by atoms with Crippen molar-refractivity contribution in [1.82, 2.24) is 14.8 Å². The van der Waals surface area contributed by atoms with Gasteiger partial charge in [0.25, 0.3) is 0 Å². The molecule has 1 saturated heterocycles. The molecule has 0 radical (unpaired) electrons. The Labute approximate surface area is 180 Å². The number of para-hydroxylation sites is 2. The SMILES string of the molecule is O=c1c(C([O-])=Nc2ccccc2)[n+](CC(O)CN2CCCCC2)[nH]n1-c1ccccc1. The van der Waals surface area contributed by atoms with Crippen LogP contribution in [0.15, 0.2) is 70.5 Å². The Hall–Kier alpha value is -3.23. The van der Waals surface area contributed by atoms with Crippen LogP contribution in [0.2, 0.25) is 0 Å². The minimum atomic E-state index is -0.728. The largest absolute Gasteiger partial charge is 0.855 e. The second-order valence-corrected chi connectivity index (χ2v) is 7.80. The van der Waals surface area contributed by atoms with Gasteiger partial charge >= 0.3 is 5.56 Å². The average Bonchev–Trinajstić information content (AvgIpc) is 3.11. The number of hydrogen-bond donors (Lipinski definition) is 2. The first kappa shape index (κ1) is 21.0. The molecule has 31 heavy (non-hydrogen) atoms. The molecule has 3 aromatic rings. The van der Waals surface area contributed by atoms with Crippen molar-refractivity contribution in [2.45, 2.75) is 31.9 Å². The van der Waals surface area contributed by atoms with E-state index >= 15 is 0 Å². The summed E-state index contributed by atoms with van der Waals surface area (Å²) in [5, 5.41) is 26.6. The normalized spacial score (nSPS) is 16.4. The van der Waals surface area contributed by atoms with Crippen molar-refractivity contribution in [1.29, 1.82) is 0 Å². The molecule has 8 nitrogen and oxygen atoms in total. The Balaban J connectivity index is 1.67. The maximum Gasteiger partial charge on any atom is 0.406 e. The molecule has 162 valence electrons. The topological polar surface area (TPSA) is 101 Å². The Bertz CT molecular complexity index is 1070. The smallest absolute Gasteiger partial charge is 0.406 e. The van der Waals surface area contributed by atoms with Crippen LogP contribution < -0.4 is 15.3 Å². The second kappa shape index (κ2) is 9.72. The molecule has 1 aromatic heterocycles. The van der Waals surface area contributed by atoms with Gasteiger partial charge in [0, 0.05) is 12.4 Å². The Morgan fingerprint density at radius 1 is 1.06 bits per heavy atom. The van der Waals surface area contributed by atoms with Crippen molar-refractivity contribution < 1.29 is 14.9 Å². The molecular formula is C23H27N5O3. The maximum atomic E-state index is 13.1. The number of nitrogens with one attached hydrogen (secondary N) is 1. The average molecular weight is 422 g/mol. The summed E-state index contributed by atoms with van der Waals surface area (Å²) in [4.78, 5) is 19.4. The Morgan fingerprint density at radius 2 is 1.71 bits per heavy atom. The maximum absolute atomic E-state index is 13.1. The lowest BCUT2D eigenvalue weighted by Gasteiger charge is -2.27. The summed E-state index contributed by atoms with van der Waals surface area (Å²) in [6, 6.07) is 17.8. The number of likely N-dealkylation sites (tertiary alicyclic amines) is 1. The van der Waals surface area contributed by atoms with Crippen LogP contribution in [-0.2, 0) is 6.54 Å². The van der Waals surface area contributed by atoms with Gasteiger partial charge in [-0.05, 0) is 50.2 Å². The summed E-state index contributed by atoms with van der Waals surface area (Å²) in [6.45, 7) is 2.50. The van der Waals surface area contributed by atoms with Crippen LogP contribution in [0.25, 0.3) is 5.69 Å². The fourth-order valence-electron chi connectivity index (χ4n) is 3.91. The van der Waals surface area contributed by atoms with Gasteiger partial charge in [0.1, 0.15) is 12.6 Å². The minimum absolute atomic E-state index is 0.0942. The monoisotopic (exact) mass is 421 g/mol. The summed E-state index contributed by atoms with van der Waals surface area (Å²) in [7, 11) is 0. The fourth-order valence-corrected chi connectivity index (χ4v) is 3.91. The van der Waals surface area contributed by atoms with E-state index in [4.69, 9.17) is 0 Å². The minimum Gasteiger partial charge on any atom is -0.855 e. The number of β-amino-alcohol motifs (C(OH)–C–C–N with tert-alkyl or cyclic N) is 1. The highest BCUT2D eigenvalue weighted by Gasteiger charge is 2.26. The molecule has 2 heterocycles. The van der Waals surface area contributed by atoms with Crippen molar-refractivity contribution in [3.63, 3.8) is 0 Å². The predicted molar refractivity (Wildman–Crippen MR) is 116 cm³/mol. The zero-order valence-electron chi connectivity index (χ0n) is 17.4. The number of nitrogens with zero attached hydrogens (tertiary/aromatic N) is 4. The number of piperidine rings is 1. The number of aliphatic hydroxyl groups excluding tert-OH is 1. The lowest BCUT2D eigenvalue weighted by Crippen LogP contribution is -2.52. The highest BCUT2D eigenvalue weighted by molar-refractivity contribution is 5.88. The molecule has 1 unspecified atom stereocenters. The molecular weight excluding hydrogens is 394 g/mol. The van der Waals surface area contributed by atoms with Crippen LogP contribution in [-0.4, -0.2) is 51.5 Å². The molecule has 0 bridgehead atoms. The summed E-state index contributed by atoms with van der Waals surface area (Å²) in [6.07, 6.45) is 2.74. The lowest BCUT2D eigenvalue weighted by molar-refractivity contribution is -0.762. The van der Waals surface area contributed by atoms with Crippen LogP contribution in [0.3, 0.4) is 0 Å². The van der Waals surface area contributed by atoms with Crippen LogP contribution >= 0.6 is 0 Å². The molecule has 4 rings (SSSR count). The fraction of sp³-hybridized carbons (Fsp3) is 0.348. The Kier molecular flexibility index (Phi) is 6.59. The van der Waals surface area contributed by atoms with E-state index in [1.54, 1.807) is 36.4 Å². The number of rotatable bonds is 7. The van der Waals surface area contributed by atoms with Crippen LogP contribution in [0, 0.1) is 0 Å². The van der Waals surface area contributed by atoms with E-state index in [1.165, 1.54) is 15.8 Å². The zero-order chi connectivity index (χ0) is 21.6. The molecule has 1 aliphatic heterocycles. The van der Waals surface area contributed by atoms with E-state index < -0.39 is 17.6 Å². The number of benzene rings is 2. The number of aromatic amines is 1. The van der Waals surface area contributed by atoms with E-state index in [0.717, 1.165) is 25.9 Å². The molecule has 0 saturated carbocycles. The highest BCUT2D eigenvalue weighted by Crippen LogP contribution is 2.11. The molecule has 0 amide bonds. The van der Waals surface area contributed by atoms with Gasteiger partial charge in [0.05, 0.1) is 5.69 Å². The zero-order valence-corrected chi connectivity index (χ0v) is 17.4. The molecule has 2 N–H and O–H groups in total. The van der Waals surface area contributed by atoms with E-state index in [2.05, 4.69) is 15.1 Å². The van der Waals surface area contributed by atoms with Crippen molar-refractivity contribution in [2.24, 2.45) is 4.99 Å². The molecule has 0 aliphatic carbocycles. The molecule has 8 heteroatoms. The third kappa shape index (κ3) is 5.10. The number of aromatic nitrogens is 3. The number of aliphatic hydroxyl groups is 1. The van der Waals surface area contributed by atoms with Gasteiger partial charge < -0.3 is 15.1 Å². The standard InChI is InChI=1S/C23H27N5O3/c29-20(16-26-14-8-3-9-15-26)17-27-21(22(30)24-18-10-4-1-5-11-18)23(31)28(25-27)19-12-6-2-7-13-19/h1-2,4-7,10-13,20,29H,3,8-9,14-17H2,(H-,24,25,30,31). The summed E-state index contributed by atoms with van der Waals surface area (Å²) < 4.78 is 2.72. The molecule has 1 atom stereocenters. The van der Waals surface area contributed by atoms with Crippen LogP contribution in [0.1, 0.15) is 25.0 Å². The molecule has 1 fully saturated rings. The van der Waals surface area contributed by atoms with Gasteiger partial charge in [0.2, 0.25) is 5.69 Å². The van der Waals surface area contributed by atoms with E-state index in [1.807, 2.05) is 24.3 Å². The molecule has 2 aromatic carbocycles. The number of hydrogen-bond acceptors (Lipinski definition) is 5. The van der Waals surface area contributed by atoms with Crippen LogP contribution in [0.4, 0.5) is 5.69 Å². The van der Waals surface area contributed by atoms with Gasteiger partial charge in [-0.2, -0.15) is 4.68 Å². The molecule has 1 aliphatic rings. The van der Waals surface area contributed by atoms with Gasteiger partial charge in [0.15, 0.2) is 5.69 Å². The first-order chi connectivity index (χ1) is 15.1. The third-order valence-corrected chi connectivity index (χ3v) is 5.41. The van der Waals surface area contributed by atoms with Gasteiger partial charge in [-0.3, -0.25) is 4.99 Å². The van der Waals surface area contributed by atoms with Crippen LogP contribution in [0.5, 0.6) is 0 Å². The lowest BCUT2D eigenvalue weighted by atomic mass is 10.1. The summed E-state index contributed by atoms with van der Waals surface area (Å²) in [5.41, 5.74) is 0.469. The number of aliphatic imine (C=N–C) groups is 1. The van der Waals surface area contributed by atoms with Gasteiger partial charge in [-0.25, -0.2) is 4.79 Å². The van der Waals surface area contributed by atoms with E-state index in [-0.39, 0.29) is 12.2 Å². The van der Waals surface area contributed by atoms with Crippen molar-refractivity contribution in [3.05, 3.63) is 76.7 Å². The van der Waals surface area contributed by atoms with E-state index in [0.29, 0.717) is 17.9 Å². The van der Waals surface area contributed by atoms with Crippen molar-refractivity contribution in [2.75, 3.05) is 19.6 Å². The van der Waals surface area contributed by atoms with Gasteiger partial charge in [-0.15, -0.1) is 0 Å². The highest BCUT2D eigenvalue weighted by atomic mass is 16.3. The summed E-state index contributed by atoms with van der Waals surface area (Å²) in [5.74, 6) is -0.646. The predicted octanol–water partition coefficient (Wildman–Crippen LogP) is 0.738. The van der Waals surface area contributed by atoms with E-state index in [9.17, 15) is 15.0 Å². The first-order valence-corrected chi connectivity index (χ1v) is 10.6. The van der Waals surface area contributed by atoms with Gasteiger partial charge in [-0.1, -0.05) is 52.7 Å². The van der Waals surface area contributed by atoms with Crippen molar-refractivity contribution in [3.8, 4) is 5.69 Å². The summed E-state index contributed by atoms with van der Waals surface area (Å²) >= 11 is 0. The quantitative estimate of drug-likeness (QED) is 0.334. The third-order valence-electron chi connectivity index (χ3n) is 5.41. The second-order valence-electron chi connectivity index (χ2n) is 7.80. The van der Waals surface area contributed by atoms with Crippen molar-refractivity contribution >= 4 is 11.6 Å². The number of H-pyrrole nitrogens is 1. The first-order valence-electron chi connectivity index (χ1n) is 10.6.